The van der Waals surface area contributed by atoms with Gasteiger partial charge in [0, 0.05) is 36.9 Å². The lowest BCUT2D eigenvalue weighted by Crippen LogP contribution is -2.21. The van der Waals surface area contributed by atoms with E-state index in [2.05, 4.69) is 21.1 Å². The highest BCUT2D eigenvalue weighted by molar-refractivity contribution is 6.04. The molecule has 0 amide bonds. The van der Waals surface area contributed by atoms with E-state index in [1.54, 1.807) is 22.4 Å². The lowest BCUT2D eigenvalue weighted by Gasteiger charge is -2.13. The Labute approximate surface area is 197 Å². The molecular formula is C26H28N6O2. The number of fused-ring (bicyclic) bond motifs is 3. The Hall–Kier alpha value is -3.94. The van der Waals surface area contributed by atoms with E-state index in [0.717, 1.165) is 62.4 Å². The van der Waals surface area contributed by atoms with E-state index in [9.17, 15) is 4.79 Å². The van der Waals surface area contributed by atoms with Crippen molar-refractivity contribution < 1.29 is 4.74 Å². The molecule has 0 bridgehead atoms. The fraction of sp³-hybridized carbons (Fsp3) is 0.308. The average molecular weight is 457 g/mol. The van der Waals surface area contributed by atoms with Gasteiger partial charge in [-0.1, -0.05) is 6.07 Å². The second-order valence-corrected chi connectivity index (χ2v) is 8.83. The topological polar surface area (TPSA) is 79.8 Å². The molecular weight excluding hydrogens is 428 g/mol. The summed E-state index contributed by atoms with van der Waals surface area (Å²) in [5.41, 5.74) is 6.62. The summed E-state index contributed by atoms with van der Waals surface area (Å²) in [6, 6.07) is 8.10. The number of rotatable bonds is 5. The van der Waals surface area contributed by atoms with Crippen LogP contribution in [0.15, 0.2) is 47.7 Å². The zero-order valence-corrected chi connectivity index (χ0v) is 20.3. The molecule has 0 spiro atoms. The summed E-state index contributed by atoms with van der Waals surface area (Å²) in [6.07, 6.45) is 5.59. The van der Waals surface area contributed by atoms with Gasteiger partial charge in [-0.2, -0.15) is 5.10 Å². The largest absolute Gasteiger partial charge is 0.489 e. The molecule has 1 aromatic carbocycles. The molecule has 0 aliphatic carbocycles. The SMILES string of the molecule is CCn1cc(-n2c(=O)n(C)c3cnc4ccc(-c5cnc(C)c(OC(C)C)c5)cc4c32)c(C)n1. The molecule has 5 aromatic rings. The van der Waals surface area contributed by atoms with Crippen molar-refractivity contribution in [1.82, 2.24) is 28.9 Å². The van der Waals surface area contributed by atoms with Crippen LogP contribution in [0.25, 0.3) is 38.8 Å². The molecule has 0 N–H and O–H groups in total. The molecule has 0 saturated carbocycles. The Kier molecular flexibility index (Phi) is 5.23. The third-order valence-corrected chi connectivity index (χ3v) is 6.11. The number of aromatic nitrogens is 6. The first-order chi connectivity index (χ1) is 16.3. The van der Waals surface area contributed by atoms with Crippen molar-refractivity contribution >= 4 is 21.9 Å². The number of benzene rings is 1. The van der Waals surface area contributed by atoms with Crippen LogP contribution in [-0.2, 0) is 13.6 Å². The van der Waals surface area contributed by atoms with Gasteiger partial charge in [-0.3, -0.25) is 23.8 Å². The van der Waals surface area contributed by atoms with Gasteiger partial charge in [0.15, 0.2) is 0 Å². The van der Waals surface area contributed by atoms with E-state index < -0.39 is 0 Å². The Morgan fingerprint density at radius 3 is 2.53 bits per heavy atom. The normalized spacial score (nSPS) is 11.7. The molecule has 8 heteroatoms. The van der Waals surface area contributed by atoms with E-state index in [1.165, 1.54) is 0 Å². The molecule has 0 aliphatic heterocycles. The van der Waals surface area contributed by atoms with Gasteiger partial charge >= 0.3 is 5.69 Å². The minimum atomic E-state index is -0.127. The van der Waals surface area contributed by atoms with Crippen LogP contribution in [0.4, 0.5) is 0 Å². The van der Waals surface area contributed by atoms with Crippen molar-refractivity contribution in [1.29, 1.82) is 0 Å². The zero-order valence-electron chi connectivity index (χ0n) is 20.3. The number of hydrogen-bond acceptors (Lipinski definition) is 5. The smallest absolute Gasteiger partial charge is 0.333 e. The van der Waals surface area contributed by atoms with E-state index >= 15 is 0 Å². The van der Waals surface area contributed by atoms with E-state index in [0.29, 0.717) is 0 Å². The van der Waals surface area contributed by atoms with Gasteiger partial charge < -0.3 is 4.74 Å². The summed E-state index contributed by atoms with van der Waals surface area (Å²) in [5.74, 6) is 0.767. The van der Waals surface area contributed by atoms with Crippen LogP contribution in [0.2, 0.25) is 0 Å². The molecule has 0 atom stereocenters. The predicted octanol–water partition coefficient (Wildman–Crippen LogP) is 4.56. The molecule has 174 valence electrons. The molecule has 5 rings (SSSR count). The number of imidazole rings is 1. The fourth-order valence-corrected chi connectivity index (χ4v) is 4.33. The van der Waals surface area contributed by atoms with Gasteiger partial charge in [0.2, 0.25) is 0 Å². The van der Waals surface area contributed by atoms with Gasteiger partial charge in [0.25, 0.3) is 0 Å². The lowest BCUT2D eigenvalue weighted by molar-refractivity contribution is 0.240. The number of nitrogens with zero attached hydrogens (tertiary/aromatic N) is 6. The lowest BCUT2D eigenvalue weighted by atomic mass is 10.0. The summed E-state index contributed by atoms with van der Waals surface area (Å²) >= 11 is 0. The highest BCUT2D eigenvalue weighted by atomic mass is 16.5. The van der Waals surface area contributed by atoms with Crippen molar-refractivity contribution in [3.05, 3.63) is 64.7 Å². The van der Waals surface area contributed by atoms with Gasteiger partial charge in [-0.15, -0.1) is 0 Å². The fourth-order valence-electron chi connectivity index (χ4n) is 4.33. The van der Waals surface area contributed by atoms with Crippen LogP contribution in [0.3, 0.4) is 0 Å². The first-order valence-electron chi connectivity index (χ1n) is 11.5. The maximum absolute atomic E-state index is 13.4. The summed E-state index contributed by atoms with van der Waals surface area (Å²) in [5, 5.41) is 5.45. The van der Waals surface area contributed by atoms with Crippen LogP contribution in [0.5, 0.6) is 5.75 Å². The molecule has 0 saturated heterocycles. The maximum atomic E-state index is 13.4. The van der Waals surface area contributed by atoms with Gasteiger partial charge in [0.1, 0.15) is 5.75 Å². The van der Waals surface area contributed by atoms with Crippen LogP contribution in [0, 0.1) is 13.8 Å². The second-order valence-electron chi connectivity index (χ2n) is 8.83. The van der Waals surface area contributed by atoms with Gasteiger partial charge in [-0.05, 0) is 58.4 Å². The van der Waals surface area contributed by atoms with Crippen molar-refractivity contribution in [2.45, 2.75) is 47.3 Å². The summed E-state index contributed by atoms with van der Waals surface area (Å²) in [6.45, 7) is 10.6. The number of ether oxygens (including phenoxy) is 1. The molecule has 0 fully saturated rings. The van der Waals surface area contributed by atoms with Crippen molar-refractivity contribution in [3.8, 4) is 22.6 Å². The van der Waals surface area contributed by atoms with Gasteiger partial charge in [-0.25, -0.2) is 4.79 Å². The average Bonchev–Trinajstić information content (AvgIpc) is 3.31. The number of pyridine rings is 2. The number of hydrogen-bond donors (Lipinski definition) is 0. The summed E-state index contributed by atoms with van der Waals surface area (Å²) in [7, 11) is 1.78. The van der Waals surface area contributed by atoms with Crippen LogP contribution >= 0.6 is 0 Å². The summed E-state index contributed by atoms with van der Waals surface area (Å²) in [4.78, 5) is 22.5. The first kappa shape index (κ1) is 21.9. The van der Waals surface area contributed by atoms with E-state index in [1.807, 2.05) is 69.9 Å². The van der Waals surface area contributed by atoms with E-state index in [4.69, 9.17) is 4.74 Å². The Bertz CT molecular complexity index is 1610. The van der Waals surface area contributed by atoms with Crippen LogP contribution in [-0.4, -0.2) is 35.0 Å². The third kappa shape index (κ3) is 3.46. The van der Waals surface area contributed by atoms with Crippen molar-refractivity contribution in [2.24, 2.45) is 7.05 Å². The van der Waals surface area contributed by atoms with Crippen molar-refractivity contribution in [3.63, 3.8) is 0 Å². The minimum absolute atomic E-state index is 0.0576. The molecule has 8 nitrogen and oxygen atoms in total. The minimum Gasteiger partial charge on any atom is -0.489 e. The molecule has 0 aliphatic rings. The van der Waals surface area contributed by atoms with E-state index in [-0.39, 0.29) is 11.8 Å². The summed E-state index contributed by atoms with van der Waals surface area (Å²) < 4.78 is 11.2. The highest BCUT2D eigenvalue weighted by Gasteiger charge is 2.19. The first-order valence-corrected chi connectivity index (χ1v) is 11.5. The van der Waals surface area contributed by atoms with Crippen LogP contribution < -0.4 is 10.4 Å². The third-order valence-electron chi connectivity index (χ3n) is 6.11. The second kappa shape index (κ2) is 8.13. The monoisotopic (exact) mass is 456 g/mol. The molecule has 4 heterocycles. The zero-order chi connectivity index (χ0) is 24.1. The molecule has 0 unspecified atom stereocenters. The Morgan fingerprint density at radius 2 is 1.82 bits per heavy atom. The molecule has 0 radical (unpaired) electrons. The number of aryl methyl sites for hydroxylation is 4. The van der Waals surface area contributed by atoms with Crippen LogP contribution in [0.1, 0.15) is 32.2 Å². The maximum Gasteiger partial charge on any atom is 0.333 e. The van der Waals surface area contributed by atoms with Crippen molar-refractivity contribution in [2.75, 3.05) is 0 Å². The predicted molar refractivity (Wildman–Crippen MR) is 134 cm³/mol. The standard InChI is InChI=1S/C26H28N6O2/c1-7-31-14-23(16(4)29-31)32-25-20-10-18(19-11-24(34-15(2)3)17(5)27-12-19)8-9-21(20)28-13-22(25)30(6)26(32)33/h8-15H,7H2,1-6H3. The quantitative estimate of drug-likeness (QED) is 0.387. The Balaban J connectivity index is 1.79. The Morgan fingerprint density at radius 1 is 1.03 bits per heavy atom. The highest BCUT2D eigenvalue weighted by Crippen LogP contribution is 2.32. The van der Waals surface area contributed by atoms with Gasteiger partial charge in [0.05, 0.1) is 45.9 Å². The molecule has 4 aromatic heterocycles. The molecule has 34 heavy (non-hydrogen) atoms.